The number of non-ortho nitro benzene ring substituents is 1. The summed E-state index contributed by atoms with van der Waals surface area (Å²) >= 11 is 1.55. The number of nitrogens with zero attached hydrogens (tertiary/aromatic N) is 5. The summed E-state index contributed by atoms with van der Waals surface area (Å²) < 4.78 is 1.86. The molecule has 0 amide bonds. The summed E-state index contributed by atoms with van der Waals surface area (Å²) in [4.78, 5) is 23.4. The number of nitro benzene ring substituents is 1. The molecule has 0 radical (unpaired) electrons. The molecule has 0 saturated carbocycles. The second-order valence-electron chi connectivity index (χ2n) is 4.82. The van der Waals surface area contributed by atoms with E-state index in [1.165, 1.54) is 12.1 Å². The highest BCUT2D eigenvalue weighted by Crippen LogP contribution is 2.27. The van der Waals surface area contributed by atoms with Gasteiger partial charge in [-0.3, -0.25) is 10.1 Å². The minimum atomic E-state index is -0.401. The summed E-state index contributed by atoms with van der Waals surface area (Å²) in [6, 6.07) is 6.54. The van der Waals surface area contributed by atoms with Crippen molar-refractivity contribution in [2.45, 2.75) is 17.7 Å². The zero-order valence-electron chi connectivity index (χ0n) is 12.1. The predicted molar refractivity (Wildman–Crippen MR) is 83.7 cm³/mol. The number of aromatic nitrogens is 4. The molecule has 0 atom stereocenters. The van der Waals surface area contributed by atoms with Gasteiger partial charge in [-0.1, -0.05) is 23.9 Å². The molecule has 0 fully saturated rings. The number of imidazole rings is 1. The van der Waals surface area contributed by atoms with Crippen LogP contribution in [0.25, 0.3) is 11.2 Å². The van der Waals surface area contributed by atoms with Crippen molar-refractivity contribution in [2.24, 2.45) is 7.05 Å². The van der Waals surface area contributed by atoms with Crippen LogP contribution in [0, 0.1) is 17.0 Å². The third-order valence-corrected chi connectivity index (χ3v) is 4.20. The van der Waals surface area contributed by atoms with Gasteiger partial charge in [0, 0.05) is 24.9 Å². The molecule has 0 aliphatic heterocycles. The molecule has 0 unspecified atom stereocenters. The summed E-state index contributed by atoms with van der Waals surface area (Å²) in [5, 5.41) is 11.5. The van der Waals surface area contributed by atoms with Gasteiger partial charge in [-0.2, -0.15) is 0 Å². The molecule has 8 heteroatoms. The maximum Gasteiger partial charge on any atom is 0.269 e. The minimum Gasteiger partial charge on any atom is -0.318 e. The zero-order chi connectivity index (χ0) is 15.7. The maximum atomic E-state index is 10.7. The number of rotatable bonds is 4. The molecule has 3 aromatic rings. The third-order valence-electron chi connectivity index (χ3n) is 3.16. The highest BCUT2D eigenvalue weighted by Gasteiger charge is 2.11. The van der Waals surface area contributed by atoms with Gasteiger partial charge < -0.3 is 4.57 Å². The molecule has 0 bridgehead atoms. The van der Waals surface area contributed by atoms with Crippen molar-refractivity contribution in [3.05, 3.63) is 52.1 Å². The second-order valence-corrected chi connectivity index (χ2v) is 5.78. The van der Waals surface area contributed by atoms with Crippen LogP contribution in [0.1, 0.15) is 11.4 Å². The monoisotopic (exact) mass is 315 g/mol. The van der Waals surface area contributed by atoms with Gasteiger partial charge in [-0.15, -0.1) is 0 Å². The summed E-state index contributed by atoms with van der Waals surface area (Å²) in [6.07, 6.45) is 1.72. The van der Waals surface area contributed by atoms with Gasteiger partial charge in [0.05, 0.1) is 11.3 Å². The van der Waals surface area contributed by atoms with Gasteiger partial charge >= 0.3 is 0 Å². The molecule has 0 N–H and O–H groups in total. The molecule has 112 valence electrons. The second kappa shape index (κ2) is 5.72. The Kier molecular flexibility index (Phi) is 3.76. The van der Waals surface area contributed by atoms with Crippen LogP contribution >= 0.6 is 11.8 Å². The first-order valence-corrected chi connectivity index (χ1v) is 7.55. The maximum absolute atomic E-state index is 10.7. The van der Waals surface area contributed by atoms with E-state index in [2.05, 4.69) is 15.0 Å². The molecular weight excluding hydrogens is 302 g/mol. The highest BCUT2D eigenvalue weighted by atomic mass is 32.2. The summed E-state index contributed by atoms with van der Waals surface area (Å²) in [7, 11) is 1.90. The van der Waals surface area contributed by atoms with Gasteiger partial charge in [0.2, 0.25) is 0 Å². The molecule has 0 aliphatic carbocycles. The lowest BCUT2D eigenvalue weighted by atomic mass is 10.2. The van der Waals surface area contributed by atoms with Crippen molar-refractivity contribution in [3.63, 3.8) is 0 Å². The molecule has 1 aromatic carbocycles. The zero-order valence-corrected chi connectivity index (χ0v) is 12.9. The summed E-state index contributed by atoms with van der Waals surface area (Å²) in [5.41, 5.74) is 2.67. The number of aryl methyl sites for hydroxylation is 2. The first-order chi connectivity index (χ1) is 10.5. The van der Waals surface area contributed by atoms with Crippen LogP contribution in [0.3, 0.4) is 0 Å². The van der Waals surface area contributed by atoms with Gasteiger partial charge in [-0.25, -0.2) is 15.0 Å². The Bertz CT molecular complexity index is 844. The van der Waals surface area contributed by atoms with Crippen molar-refractivity contribution in [3.8, 4) is 0 Å². The Labute approximate surface area is 130 Å². The SMILES string of the molecule is Cc1nc(SCc2ccc([N+](=O)[O-])cc2)c2ncn(C)c2n1. The van der Waals surface area contributed by atoms with Crippen molar-refractivity contribution in [1.29, 1.82) is 0 Å². The Morgan fingerprint density at radius 1 is 1.27 bits per heavy atom. The van der Waals surface area contributed by atoms with Gasteiger partial charge in [0.1, 0.15) is 16.4 Å². The molecule has 0 saturated heterocycles. The van der Waals surface area contributed by atoms with Crippen molar-refractivity contribution >= 4 is 28.6 Å². The van der Waals surface area contributed by atoms with E-state index in [4.69, 9.17) is 0 Å². The minimum absolute atomic E-state index is 0.0961. The van der Waals surface area contributed by atoms with Gasteiger partial charge in [-0.05, 0) is 12.5 Å². The third kappa shape index (κ3) is 2.77. The quantitative estimate of drug-likeness (QED) is 0.318. The van der Waals surface area contributed by atoms with Crippen LogP contribution in [0.15, 0.2) is 35.6 Å². The Morgan fingerprint density at radius 2 is 2.00 bits per heavy atom. The standard InChI is InChI=1S/C14H13N5O2S/c1-9-16-13-12(15-8-18(13)2)14(17-9)22-7-10-3-5-11(6-4-10)19(20)21/h3-6,8H,7H2,1-2H3. The predicted octanol–water partition coefficient (Wildman–Crippen LogP) is 2.87. The van der Waals surface area contributed by atoms with Gasteiger partial charge in [0.15, 0.2) is 5.65 Å². The van der Waals surface area contributed by atoms with E-state index in [-0.39, 0.29) is 5.69 Å². The smallest absolute Gasteiger partial charge is 0.269 e. The van der Waals surface area contributed by atoms with Crippen molar-refractivity contribution in [2.75, 3.05) is 0 Å². The van der Waals surface area contributed by atoms with Crippen molar-refractivity contribution < 1.29 is 4.92 Å². The van der Waals surface area contributed by atoms with Crippen LogP contribution in [-0.4, -0.2) is 24.4 Å². The normalized spacial score (nSPS) is 11.0. The molecule has 0 aliphatic rings. The lowest BCUT2D eigenvalue weighted by Gasteiger charge is -2.04. The molecule has 2 heterocycles. The fourth-order valence-electron chi connectivity index (χ4n) is 2.05. The van der Waals surface area contributed by atoms with E-state index in [1.807, 2.05) is 18.5 Å². The number of nitro groups is 1. The number of hydrogen-bond acceptors (Lipinski definition) is 6. The van der Waals surface area contributed by atoms with Crippen LogP contribution in [0.2, 0.25) is 0 Å². The molecule has 2 aromatic heterocycles. The fraction of sp³-hybridized carbons (Fsp3) is 0.214. The van der Waals surface area contributed by atoms with E-state index in [0.29, 0.717) is 11.6 Å². The summed E-state index contributed by atoms with van der Waals surface area (Å²) in [5.74, 6) is 1.36. The largest absolute Gasteiger partial charge is 0.318 e. The highest BCUT2D eigenvalue weighted by molar-refractivity contribution is 7.98. The van der Waals surface area contributed by atoms with Crippen LogP contribution in [0.4, 0.5) is 5.69 Å². The van der Waals surface area contributed by atoms with Crippen LogP contribution in [0.5, 0.6) is 0 Å². The molecule has 0 spiro atoms. The van der Waals surface area contributed by atoms with Crippen molar-refractivity contribution in [1.82, 2.24) is 19.5 Å². The lowest BCUT2D eigenvalue weighted by Crippen LogP contribution is -1.95. The average Bonchev–Trinajstić information content (AvgIpc) is 2.87. The van der Waals surface area contributed by atoms with Crippen LogP contribution < -0.4 is 0 Å². The molecule has 7 nitrogen and oxygen atoms in total. The van der Waals surface area contributed by atoms with E-state index in [0.717, 1.165) is 21.8 Å². The topological polar surface area (TPSA) is 86.7 Å². The number of benzene rings is 1. The van der Waals surface area contributed by atoms with E-state index >= 15 is 0 Å². The Balaban J connectivity index is 1.83. The number of thioether (sulfide) groups is 1. The van der Waals surface area contributed by atoms with E-state index < -0.39 is 4.92 Å². The van der Waals surface area contributed by atoms with E-state index in [1.54, 1.807) is 30.2 Å². The van der Waals surface area contributed by atoms with Gasteiger partial charge in [0.25, 0.3) is 5.69 Å². The average molecular weight is 315 g/mol. The number of hydrogen-bond donors (Lipinski definition) is 0. The summed E-state index contributed by atoms with van der Waals surface area (Å²) in [6.45, 7) is 1.85. The number of fused-ring (bicyclic) bond motifs is 1. The fourth-order valence-corrected chi connectivity index (χ4v) is 3.02. The van der Waals surface area contributed by atoms with E-state index in [9.17, 15) is 10.1 Å². The molecule has 3 rings (SSSR count). The molecule has 22 heavy (non-hydrogen) atoms. The lowest BCUT2D eigenvalue weighted by molar-refractivity contribution is -0.384. The Hall–Kier alpha value is -2.48. The Morgan fingerprint density at radius 3 is 2.68 bits per heavy atom. The van der Waals surface area contributed by atoms with Crippen LogP contribution in [-0.2, 0) is 12.8 Å². The molecular formula is C14H13N5O2S. The first kappa shape index (κ1) is 14.5. The first-order valence-electron chi connectivity index (χ1n) is 6.56.